The Hall–Kier alpha value is -4.66. The maximum atomic E-state index is 12.7. The predicted octanol–water partition coefficient (Wildman–Crippen LogP) is 5.09. The van der Waals surface area contributed by atoms with Crippen molar-refractivity contribution in [2.45, 2.75) is 38.5 Å². The van der Waals surface area contributed by atoms with Gasteiger partial charge in [0.2, 0.25) is 0 Å². The van der Waals surface area contributed by atoms with E-state index in [1.807, 2.05) is 18.3 Å². The molecule has 2 aromatic carbocycles. The topological polar surface area (TPSA) is 127 Å². The molecule has 198 valence electrons. The van der Waals surface area contributed by atoms with Gasteiger partial charge in [-0.3, -0.25) is 14.0 Å². The number of fused-ring (bicyclic) bond motifs is 2. The molecule has 0 saturated heterocycles. The number of ether oxygens (including phenoxy) is 1. The first-order chi connectivity index (χ1) is 19.0. The number of imidazole rings is 1. The Morgan fingerprint density at radius 3 is 2.72 bits per heavy atom. The highest BCUT2D eigenvalue weighted by atomic mass is 16.5. The number of H-pyrrole nitrogens is 1. The number of anilines is 1. The molecule has 1 saturated carbocycles. The standard InChI is InChI=1S/C30H30N6O3/c1-18(37)39-23-7-4-6-22(15-23)30(38)33-17-19-9-11-20(12-10-19)29-35-26(27-28(31)32-13-14-36(27)29)25-16-21-5-2-3-8-24(21)34-25/h2-8,13-16,19-20,34H,9-12,17H2,1H3,(H2,31,32)(H,33,38)/t19-,20-. The predicted molar refractivity (Wildman–Crippen MR) is 149 cm³/mol. The number of aromatic nitrogens is 4. The van der Waals surface area contributed by atoms with Gasteiger partial charge in [0.25, 0.3) is 5.91 Å². The van der Waals surface area contributed by atoms with Crippen molar-refractivity contribution in [2.24, 2.45) is 5.92 Å². The van der Waals surface area contributed by atoms with Gasteiger partial charge in [0.1, 0.15) is 28.6 Å². The minimum absolute atomic E-state index is 0.170. The van der Waals surface area contributed by atoms with Crippen molar-refractivity contribution in [1.82, 2.24) is 24.7 Å². The summed E-state index contributed by atoms with van der Waals surface area (Å²) in [5.74, 6) is 1.90. The Balaban J connectivity index is 1.15. The van der Waals surface area contributed by atoms with Crippen LogP contribution in [0.5, 0.6) is 5.75 Å². The van der Waals surface area contributed by atoms with Gasteiger partial charge in [-0.25, -0.2) is 9.97 Å². The minimum Gasteiger partial charge on any atom is -0.427 e. The molecule has 39 heavy (non-hydrogen) atoms. The van der Waals surface area contributed by atoms with Crippen LogP contribution < -0.4 is 15.8 Å². The number of rotatable bonds is 6. The van der Waals surface area contributed by atoms with E-state index in [-0.39, 0.29) is 11.8 Å². The maximum Gasteiger partial charge on any atom is 0.308 e. The van der Waals surface area contributed by atoms with E-state index in [1.165, 1.54) is 6.92 Å². The first kappa shape index (κ1) is 24.7. The molecule has 3 heterocycles. The van der Waals surface area contributed by atoms with Crippen LogP contribution in [0.2, 0.25) is 0 Å². The van der Waals surface area contributed by atoms with Crippen molar-refractivity contribution in [2.75, 3.05) is 12.3 Å². The summed E-state index contributed by atoms with van der Waals surface area (Å²) in [7, 11) is 0. The highest BCUT2D eigenvalue weighted by Crippen LogP contribution is 2.38. The van der Waals surface area contributed by atoms with Gasteiger partial charge < -0.3 is 20.8 Å². The number of esters is 1. The van der Waals surface area contributed by atoms with Gasteiger partial charge in [-0.15, -0.1) is 0 Å². The van der Waals surface area contributed by atoms with E-state index in [1.54, 1.807) is 30.5 Å². The van der Waals surface area contributed by atoms with Crippen molar-refractivity contribution in [3.8, 4) is 17.1 Å². The fraction of sp³-hybridized carbons (Fsp3) is 0.267. The zero-order valence-electron chi connectivity index (χ0n) is 21.7. The molecule has 5 aromatic rings. The van der Waals surface area contributed by atoms with Crippen molar-refractivity contribution < 1.29 is 14.3 Å². The number of hydrogen-bond acceptors (Lipinski definition) is 6. The molecule has 6 rings (SSSR count). The molecule has 9 nitrogen and oxygen atoms in total. The van der Waals surface area contributed by atoms with Crippen LogP contribution in [-0.4, -0.2) is 37.8 Å². The first-order valence-electron chi connectivity index (χ1n) is 13.2. The zero-order chi connectivity index (χ0) is 26.9. The molecule has 9 heteroatoms. The van der Waals surface area contributed by atoms with Crippen LogP contribution in [0.1, 0.15) is 54.7 Å². The van der Waals surface area contributed by atoms with Gasteiger partial charge >= 0.3 is 5.97 Å². The summed E-state index contributed by atoms with van der Waals surface area (Å²) in [6.07, 6.45) is 7.56. The number of benzene rings is 2. The van der Waals surface area contributed by atoms with Crippen LogP contribution in [0.3, 0.4) is 0 Å². The summed E-state index contributed by atoms with van der Waals surface area (Å²) in [5.41, 5.74) is 10.4. The Labute approximate surface area is 225 Å². The largest absolute Gasteiger partial charge is 0.427 e. The molecule has 1 fully saturated rings. The van der Waals surface area contributed by atoms with E-state index in [2.05, 4.69) is 37.9 Å². The molecular formula is C30H30N6O3. The van der Waals surface area contributed by atoms with E-state index in [9.17, 15) is 9.59 Å². The lowest BCUT2D eigenvalue weighted by molar-refractivity contribution is -0.131. The van der Waals surface area contributed by atoms with E-state index < -0.39 is 5.97 Å². The zero-order valence-corrected chi connectivity index (χ0v) is 21.7. The van der Waals surface area contributed by atoms with Gasteiger partial charge in [0.15, 0.2) is 0 Å². The van der Waals surface area contributed by atoms with Crippen molar-refractivity contribution in [1.29, 1.82) is 0 Å². The van der Waals surface area contributed by atoms with E-state index >= 15 is 0 Å². The van der Waals surface area contributed by atoms with Crippen LogP contribution in [-0.2, 0) is 4.79 Å². The second-order valence-corrected chi connectivity index (χ2v) is 10.2. The number of nitrogens with one attached hydrogen (secondary N) is 2. The molecule has 0 bridgehead atoms. The fourth-order valence-corrected chi connectivity index (χ4v) is 5.59. The third kappa shape index (κ3) is 4.95. The summed E-state index contributed by atoms with van der Waals surface area (Å²) in [6.45, 7) is 1.94. The number of carbonyl (C=O) groups is 2. The van der Waals surface area contributed by atoms with Crippen molar-refractivity contribution in [3.63, 3.8) is 0 Å². The van der Waals surface area contributed by atoms with E-state index in [4.69, 9.17) is 15.5 Å². The minimum atomic E-state index is -0.415. The van der Waals surface area contributed by atoms with Crippen molar-refractivity contribution >= 4 is 34.1 Å². The Bertz CT molecular complexity index is 1650. The van der Waals surface area contributed by atoms with E-state index in [0.717, 1.165) is 59.3 Å². The third-order valence-corrected chi connectivity index (χ3v) is 7.52. The second-order valence-electron chi connectivity index (χ2n) is 10.2. The number of nitrogens with zero attached hydrogens (tertiary/aromatic N) is 3. The second kappa shape index (κ2) is 10.2. The number of carbonyl (C=O) groups excluding carboxylic acids is 2. The number of hydrogen-bond donors (Lipinski definition) is 3. The fourth-order valence-electron chi connectivity index (χ4n) is 5.59. The lowest BCUT2D eigenvalue weighted by atomic mass is 9.81. The molecule has 1 aliphatic rings. The molecule has 0 unspecified atom stereocenters. The number of para-hydroxylation sites is 1. The highest BCUT2D eigenvalue weighted by molar-refractivity contribution is 5.94. The SMILES string of the molecule is CC(=O)Oc1cccc(C(=O)NC[C@H]2CC[C@H](c3nc(-c4cc5ccccc5[nH]4)c4c(N)nccn43)CC2)c1. The monoisotopic (exact) mass is 522 g/mol. The van der Waals surface area contributed by atoms with Crippen molar-refractivity contribution in [3.05, 3.63) is 78.4 Å². The van der Waals surface area contributed by atoms with Gasteiger partial charge in [-0.2, -0.15) is 0 Å². The summed E-state index contributed by atoms with van der Waals surface area (Å²) in [6, 6.07) is 16.9. The van der Waals surface area contributed by atoms with Crippen LogP contribution in [0.4, 0.5) is 5.82 Å². The summed E-state index contributed by atoms with van der Waals surface area (Å²) < 4.78 is 7.19. The molecule has 0 spiro atoms. The first-order valence-corrected chi connectivity index (χ1v) is 13.2. The number of amides is 1. The molecule has 3 aromatic heterocycles. The third-order valence-electron chi connectivity index (χ3n) is 7.52. The summed E-state index contributed by atoms with van der Waals surface area (Å²) in [4.78, 5) is 36.9. The van der Waals surface area contributed by atoms with Gasteiger partial charge in [0.05, 0.1) is 5.69 Å². The van der Waals surface area contributed by atoms with E-state index in [0.29, 0.717) is 29.6 Å². The normalized spacial score (nSPS) is 17.4. The molecule has 1 aliphatic carbocycles. The molecular weight excluding hydrogens is 492 g/mol. The van der Waals surface area contributed by atoms with Crippen LogP contribution in [0.25, 0.3) is 27.8 Å². The summed E-state index contributed by atoms with van der Waals surface area (Å²) >= 11 is 0. The quantitative estimate of drug-likeness (QED) is 0.211. The smallest absolute Gasteiger partial charge is 0.308 e. The van der Waals surface area contributed by atoms with Gasteiger partial charge in [-0.1, -0.05) is 24.3 Å². The molecule has 1 amide bonds. The molecule has 4 N–H and O–H groups in total. The average Bonchev–Trinajstić information content (AvgIpc) is 3.54. The highest BCUT2D eigenvalue weighted by Gasteiger charge is 2.28. The van der Waals surface area contributed by atoms with Crippen LogP contribution >= 0.6 is 0 Å². The average molecular weight is 523 g/mol. The lowest BCUT2D eigenvalue weighted by Gasteiger charge is -2.28. The Morgan fingerprint density at radius 1 is 1.10 bits per heavy atom. The summed E-state index contributed by atoms with van der Waals surface area (Å²) in [5, 5.41) is 4.17. The van der Waals surface area contributed by atoms with Crippen LogP contribution in [0, 0.1) is 5.92 Å². The molecule has 0 atom stereocenters. The lowest BCUT2D eigenvalue weighted by Crippen LogP contribution is -2.31. The number of nitrogens with two attached hydrogens (primary N) is 1. The molecule has 0 aliphatic heterocycles. The number of aromatic amines is 1. The van der Waals surface area contributed by atoms with Crippen LogP contribution in [0.15, 0.2) is 67.0 Å². The Morgan fingerprint density at radius 2 is 1.92 bits per heavy atom. The van der Waals surface area contributed by atoms with Gasteiger partial charge in [0, 0.05) is 48.2 Å². The molecule has 0 radical (unpaired) electrons. The number of nitrogen functional groups attached to an aromatic ring is 1. The maximum absolute atomic E-state index is 12.7. The van der Waals surface area contributed by atoms with Gasteiger partial charge in [-0.05, 0) is 61.9 Å². The Kier molecular flexibility index (Phi) is 6.48.